The Balaban J connectivity index is 3.11. The fraction of sp³-hybridized carbons (Fsp3) is 0.938. The van der Waals surface area contributed by atoms with Gasteiger partial charge in [-0.1, -0.05) is 13.8 Å². The molecule has 0 aliphatic rings. The van der Waals surface area contributed by atoms with Crippen LogP contribution in [0.4, 0.5) is 0 Å². The summed E-state index contributed by atoms with van der Waals surface area (Å²) >= 11 is 0. The highest BCUT2D eigenvalue weighted by atomic mass is 16.5. The third kappa shape index (κ3) is 17.3. The fourth-order valence-corrected chi connectivity index (χ4v) is 1.65. The van der Waals surface area contributed by atoms with Gasteiger partial charge in [-0.3, -0.25) is 4.79 Å². The van der Waals surface area contributed by atoms with Crippen LogP contribution in [0.25, 0.3) is 0 Å². The van der Waals surface area contributed by atoms with Gasteiger partial charge in [0.05, 0.1) is 19.3 Å². The van der Waals surface area contributed by atoms with Crippen molar-refractivity contribution < 1.29 is 19.0 Å². The number of rotatable bonds is 14. The van der Waals surface area contributed by atoms with Gasteiger partial charge >= 0.3 is 0 Å². The van der Waals surface area contributed by atoms with Crippen LogP contribution in [-0.4, -0.2) is 51.6 Å². The molecule has 0 radical (unpaired) electrons. The van der Waals surface area contributed by atoms with E-state index in [2.05, 4.69) is 5.32 Å². The molecular formula is C16H33NO4. The van der Waals surface area contributed by atoms with Crippen LogP contribution in [0.1, 0.15) is 47.0 Å². The summed E-state index contributed by atoms with van der Waals surface area (Å²) in [5.41, 5.74) is 0. The third-order valence-corrected chi connectivity index (χ3v) is 2.64. The van der Waals surface area contributed by atoms with Crippen LogP contribution in [0.2, 0.25) is 0 Å². The van der Waals surface area contributed by atoms with Gasteiger partial charge in [-0.25, -0.2) is 0 Å². The minimum atomic E-state index is 0.122. The van der Waals surface area contributed by atoms with Gasteiger partial charge in [0.15, 0.2) is 0 Å². The van der Waals surface area contributed by atoms with Gasteiger partial charge in [0.25, 0.3) is 0 Å². The Morgan fingerprint density at radius 3 is 2.10 bits per heavy atom. The van der Waals surface area contributed by atoms with E-state index in [4.69, 9.17) is 14.2 Å². The van der Waals surface area contributed by atoms with Gasteiger partial charge in [0.1, 0.15) is 0 Å². The van der Waals surface area contributed by atoms with Crippen molar-refractivity contribution in [1.82, 2.24) is 5.32 Å². The first-order valence-corrected chi connectivity index (χ1v) is 8.06. The molecule has 21 heavy (non-hydrogen) atoms. The lowest BCUT2D eigenvalue weighted by Gasteiger charge is -2.09. The van der Waals surface area contributed by atoms with Crippen molar-refractivity contribution in [2.24, 2.45) is 5.92 Å². The molecule has 0 atom stereocenters. The maximum atomic E-state index is 11.4. The first kappa shape index (κ1) is 20.3. The minimum absolute atomic E-state index is 0.122. The molecule has 0 saturated carbocycles. The molecule has 0 saturated heterocycles. The molecule has 0 aromatic rings. The molecule has 0 aliphatic carbocycles. The average molecular weight is 303 g/mol. The molecule has 1 amide bonds. The van der Waals surface area contributed by atoms with E-state index >= 15 is 0 Å². The van der Waals surface area contributed by atoms with E-state index in [9.17, 15) is 4.79 Å². The zero-order valence-electron chi connectivity index (χ0n) is 14.2. The molecule has 0 aromatic heterocycles. The van der Waals surface area contributed by atoms with Gasteiger partial charge in [0, 0.05) is 32.8 Å². The summed E-state index contributed by atoms with van der Waals surface area (Å²) in [4.78, 5) is 11.4. The van der Waals surface area contributed by atoms with Crippen LogP contribution in [0.3, 0.4) is 0 Å². The van der Waals surface area contributed by atoms with Crippen molar-refractivity contribution in [1.29, 1.82) is 0 Å². The Labute approximate surface area is 129 Å². The van der Waals surface area contributed by atoms with E-state index in [0.717, 1.165) is 19.4 Å². The molecule has 0 bridgehead atoms. The Kier molecular flexibility index (Phi) is 13.9. The Bertz CT molecular complexity index is 244. The van der Waals surface area contributed by atoms with E-state index in [1.54, 1.807) is 0 Å². The van der Waals surface area contributed by atoms with Gasteiger partial charge in [-0.2, -0.15) is 0 Å². The summed E-state index contributed by atoms with van der Waals surface area (Å²) < 4.78 is 16.3. The highest BCUT2D eigenvalue weighted by molar-refractivity contribution is 5.75. The zero-order valence-corrected chi connectivity index (χ0v) is 14.2. The molecule has 1 N–H and O–H groups in total. The number of hydrogen-bond acceptors (Lipinski definition) is 4. The predicted octanol–water partition coefficient (Wildman–Crippen LogP) is 2.39. The summed E-state index contributed by atoms with van der Waals surface area (Å²) in [5.74, 6) is 0.529. The summed E-state index contributed by atoms with van der Waals surface area (Å²) in [6.45, 7) is 12.1. The molecule has 0 aromatic carbocycles. The molecule has 5 nitrogen and oxygen atoms in total. The molecule has 0 rings (SSSR count). The summed E-state index contributed by atoms with van der Waals surface area (Å²) in [5, 5.41) is 2.88. The largest absolute Gasteiger partial charge is 0.379 e. The maximum Gasteiger partial charge on any atom is 0.220 e. The molecular weight excluding hydrogens is 270 g/mol. The highest BCUT2D eigenvalue weighted by Crippen LogP contribution is 1.97. The molecule has 0 spiro atoms. The molecule has 0 unspecified atom stereocenters. The van der Waals surface area contributed by atoms with Gasteiger partial charge < -0.3 is 19.5 Å². The second-order valence-corrected chi connectivity index (χ2v) is 5.80. The number of hydrogen-bond donors (Lipinski definition) is 1. The topological polar surface area (TPSA) is 56.8 Å². The van der Waals surface area contributed by atoms with E-state index in [1.807, 2.05) is 27.7 Å². The van der Waals surface area contributed by atoms with Crippen molar-refractivity contribution in [3.63, 3.8) is 0 Å². The second-order valence-electron chi connectivity index (χ2n) is 5.80. The summed E-state index contributed by atoms with van der Waals surface area (Å²) in [6, 6.07) is 0. The lowest BCUT2D eigenvalue weighted by atomic mass is 10.1. The van der Waals surface area contributed by atoms with Gasteiger partial charge in [-0.15, -0.1) is 0 Å². The zero-order chi connectivity index (χ0) is 15.9. The van der Waals surface area contributed by atoms with Crippen molar-refractivity contribution in [3.8, 4) is 0 Å². The number of carbonyl (C=O) groups excluding carboxylic acids is 1. The SMILES string of the molecule is CC(C)CC(=O)NCCCOCCOCCCOC(C)C. The number of nitrogens with one attached hydrogen (secondary N) is 1. The van der Waals surface area contributed by atoms with Crippen molar-refractivity contribution >= 4 is 5.91 Å². The van der Waals surface area contributed by atoms with Crippen LogP contribution in [0.15, 0.2) is 0 Å². The number of ether oxygens (including phenoxy) is 3. The van der Waals surface area contributed by atoms with Crippen LogP contribution in [-0.2, 0) is 19.0 Å². The highest BCUT2D eigenvalue weighted by Gasteiger charge is 2.03. The molecule has 0 heterocycles. The normalized spacial score (nSPS) is 11.3. The molecule has 5 heteroatoms. The Morgan fingerprint density at radius 1 is 0.905 bits per heavy atom. The average Bonchev–Trinajstić information content (AvgIpc) is 2.38. The number of carbonyl (C=O) groups is 1. The smallest absolute Gasteiger partial charge is 0.220 e. The van der Waals surface area contributed by atoms with E-state index in [0.29, 0.717) is 45.3 Å². The van der Waals surface area contributed by atoms with Crippen LogP contribution < -0.4 is 5.32 Å². The van der Waals surface area contributed by atoms with Crippen molar-refractivity contribution in [2.45, 2.75) is 53.1 Å². The van der Waals surface area contributed by atoms with Crippen molar-refractivity contribution in [2.75, 3.05) is 39.6 Å². The predicted molar refractivity (Wildman–Crippen MR) is 84.4 cm³/mol. The summed E-state index contributed by atoms with van der Waals surface area (Å²) in [6.07, 6.45) is 2.64. The van der Waals surface area contributed by atoms with E-state index < -0.39 is 0 Å². The summed E-state index contributed by atoms with van der Waals surface area (Å²) in [7, 11) is 0. The monoisotopic (exact) mass is 303 g/mol. The maximum absolute atomic E-state index is 11.4. The van der Waals surface area contributed by atoms with Crippen LogP contribution in [0, 0.1) is 5.92 Å². The van der Waals surface area contributed by atoms with E-state index in [1.165, 1.54) is 0 Å². The molecule has 0 fully saturated rings. The quantitative estimate of drug-likeness (QED) is 0.501. The van der Waals surface area contributed by atoms with E-state index in [-0.39, 0.29) is 12.0 Å². The van der Waals surface area contributed by atoms with Crippen LogP contribution >= 0.6 is 0 Å². The third-order valence-electron chi connectivity index (χ3n) is 2.64. The van der Waals surface area contributed by atoms with Gasteiger partial charge in [-0.05, 0) is 32.6 Å². The minimum Gasteiger partial charge on any atom is -0.379 e. The molecule has 126 valence electrons. The lowest BCUT2D eigenvalue weighted by Crippen LogP contribution is -2.26. The second kappa shape index (κ2) is 14.3. The molecule has 0 aliphatic heterocycles. The van der Waals surface area contributed by atoms with Crippen LogP contribution in [0.5, 0.6) is 0 Å². The number of amides is 1. The standard InChI is InChI=1S/C16H33NO4/c1-14(2)13-16(18)17-7-5-8-19-11-12-20-9-6-10-21-15(3)4/h14-15H,5-13H2,1-4H3,(H,17,18). The first-order chi connectivity index (χ1) is 10.0. The van der Waals surface area contributed by atoms with Crippen molar-refractivity contribution in [3.05, 3.63) is 0 Å². The fourth-order valence-electron chi connectivity index (χ4n) is 1.65. The lowest BCUT2D eigenvalue weighted by molar-refractivity contribution is -0.121. The Hall–Kier alpha value is -0.650. The van der Waals surface area contributed by atoms with Gasteiger partial charge in [0.2, 0.25) is 5.91 Å². The Morgan fingerprint density at radius 2 is 1.52 bits per heavy atom. The first-order valence-electron chi connectivity index (χ1n) is 8.06.